The fourth-order valence-electron chi connectivity index (χ4n) is 2.82. The van der Waals surface area contributed by atoms with Gasteiger partial charge in [0.25, 0.3) is 0 Å². The lowest BCUT2D eigenvalue weighted by molar-refractivity contribution is 0.0437. The van der Waals surface area contributed by atoms with E-state index in [1.807, 2.05) is 12.1 Å². The van der Waals surface area contributed by atoms with Crippen LogP contribution in [0.2, 0.25) is 0 Å². The first-order chi connectivity index (χ1) is 12.2. The molecule has 1 saturated heterocycles. The van der Waals surface area contributed by atoms with E-state index in [-0.39, 0.29) is 19.0 Å². The Hall–Kier alpha value is -1.50. The highest BCUT2D eigenvalue weighted by molar-refractivity contribution is 5.85. The highest BCUT2D eigenvalue weighted by Crippen LogP contribution is 2.18. The van der Waals surface area contributed by atoms with E-state index in [1.165, 1.54) is 19.3 Å². The number of unbranched alkanes of at least 4 members (excludes halogenated alkanes) is 1. The molecule has 7 heteroatoms. The topological polar surface area (TPSA) is 71.0 Å². The van der Waals surface area contributed by atoms with E-state index in [4.69, 9.17) is 9.47 Å². The Morgan fingerprint density at radius 1 is 1.31 bits per heavy atom. The number of amides is 1. The average molecular weight is 387 g/mol. The number of piperidine rings is 1. The molecule has 1 amide bonds. The lowest BCUT2D eigenvalue weighted by Gasteiger charge is -2.28. The second kappa shape index (κ2) is 12.8. The number of halogens is 1. The fraction of sp³-hybridized carbons (Fsp3) is 0.632. The molecule has 0 radical (unpaired) electrons. The smallest absolute Gasteiger partial charge is 0.411 e. The predicted octanol–water partition coefficient (Wildman–Crippen LogP) is 3.68. The number of hydrogen-bond donors (Lipinski definition) is 2. The summed E-state index contributed by atoms with van der Waals surface area (Å²) in [5.74, 6) is 0.719. The summed E-state index contributed by atoms with van der Waals surface area (Å²) >= 11 is 0. The summed E-state index contributed by atoms with van der Waals surface area (Å²) in [6.07, 6.45) is 4.44. The molecule has 1 aromatic rings. The number of anilines is 1. The van der Waals surface area contributed by atoms with Crippen LogP contribution in [0.3, 0.4) is 0 Å². The van der Waals surface area contributed by atoms with Crippen molar-refractivity contribution in [3.63, 3.8) is 0 Å². The van der Waals surface area contributed by atoms with E-state index >= 15 is 0 Å². The molecule has 148 valence electrons. The summed E-state index contributed by atoms with van der Waals surface area (Å²) in [6, 6.07) is 7.22. The molecule has 26 heavy (non-hydrogen) atoms. The molecule has 1 atom stereocenters. The zero-order chi connectivity index (χ0) is 17.9. The minimum Gasteiger partial charge on any atom is -0.494 e. The molecule has 2 N–H and O–H groups in total. The number of ether oxygens (including phenoxy) is 2. The summed E-state index contributed by atoms with van der Waals surface area (Å²) in [5, 5.41) is 12.7. The third-order valence-corrected chi connectivity index (χ3v) is 4.17. The molecule has 0 spiro atoms. The summed E-state index contributed by atoms with van der Waals surface area (Å²) in [6.45, 7) is 5.33. The van der Waals surface area contributed by atoms with Gasteiger partial charge in [-0.15, -0.1) is 12.4 Å². The zero-order valence-electron chi connectivity index (χ0n) is 15.5. The van der Waals surface area contributed by atoms with Crippen LogP contribution in [0.5, 0.6) is 5.75 Å². The molecule has 0 saturated carbocycles. The molecule has 0 aliphatic carbocycles. The van der Waals surface area contributed by atoms with E-state index in [0.29, 0.717) is 18.8 Å². The van der Waals surface area contributed by atoms with Crippen LogP contribution >= 0.6 is 12.4 Å². The average Bonchev–Trinajstić information content (AvgIpc) is 2.61. The molecular weight excluding hydrogens is 356 g/mol. The monoisotopic (exact) mass is 386 g/mol. The van der Waals surface area contributed by atoms with E-state index in [1.54, 1.807) is 12.1 Å². The summed E-state index contributed by atoms with van der Waals surface area (Å²) in [4.78, 5) is 14.1. The molecule has 0 bridgehead atoms. The van der Waals surface area contributed by atoms with Gasteiger partial charge in [0.1, 0.15) is 18.5 Å². The van der Waals surface area contributed by atoms with Crippen molar-refractivity contribution in [2.24, 2.45) is 0 Å². The van der Waals surface area contributed by atoms with Gasteiger partial charge in [0.05, 0.1) is 6.61 Å². The number of benzene rings is 1. The van der Waals surface area contributed by atoms with E-state index in [2.05, 4.69) is 17.1 Å². The molecule has 1 aliphatic rings. The predicted molar refractivity (Wildman–Crippen MR) is 105 cm³/mol. The van der Waals surface area contributed by atoms with Gasteiger partial charge in [0.2, 0.25) is 0 Å². The zero-order valence-corrected chi connectivity index (χ0v) is 16.3. The van der Waals surface area contributed by atoms with Gasteiger partial charge in [-0.1, -0.05) is 25.8 Å². The van der Waals surface area contributed by atoms with Crippen LogP contribution in [0.4, 0.5) is 10.5 Å². The quantitative estimate of drug-likeness (QED) is 0.633. The number of rotatable bonds is 9. The van der Waals surface area contributed by atoms with Crippen LogP contribution in [-0.2, 0) is 4.74 Å². The second-order valence-corrected chi connectivity index (χ2v) is 6.47. The van der Waals surface area contributed by atoms with Crippen molar-refractivity contribution in [2.45, 2.75) is 45.1 Å². The second-order valence-electron chi connectivity index (χ2n) is 6.47. The lowest BCUT2D eigenvalue weighted by atomic mass is 10.1. The largest absolute Gasteiger partial charge is 0.494 e. The minimum absolute atomic E-state index is 0. The maximum Gasteiger partial charge on any atom is 0.411 e. The van der Waals surface area contributed by atoms with E-state index in [0.717, 1.165) is 31.7 Å². The Morgan fingerprint density at radius 2 is 2.08 bits per heavy atom. The van der Waals surface area contributed by atoms with Gasteiger partial charge in [0, 0.05) is 18.3 Å². The Kier molecular flexibility index (Phi) is 11.1. The Bertz CT molecular complexity index is 524. The van der Waals surface area contributed by atoms with Gasteiger partial charge >= 0.3 is 6.09 Å². The molecule has 1 unspecified atom stereocenters. The number of hydrogen-bond acceptors (Lipinski definition) is 5. The number of carbonyl (C=O) groups excluding carboxylic acids is 1. The number of nitrogens with one attached hydrogen (secondary N) is 1. The van der Waals surface area contributed by atoms with Crippen LogP contribution in [0, 0.1) is 0 Å². The first-order valence-corrected chi connectivity index (χ1v) is 9.24. The molecule has 0 aromatic heterocycles. The summed E-state index contributed by atoms with van der Waals surface area (Å²) < 4.78 is 10.7. The van der Waals surface area contributed by atoms with Crippen LogP contribution in [0.1, 0.15) is 39.0 Å². The molecule has 1 aromatic carbocycles. The van der Waals surface area contributed by atoms with Gasteiger partial charge in [-0.05, 0) is 44.5 Å². The normalized spacial score (nSPS) is 15.6. The molecule has 1 heterocycles. The SMILES string of the molecule is CCCCOc1cccc(NC(=O)OCC(O)CN2CCCCC2)c1.Cl. The lowest BCUT2D eigenvalue weighted by Crippen LogP contribution is -2.38. The van der Waals surface area contributed by atoms with E-state index < -0.39 is 12.2 Å². The standard InChI is InChI=1S/C19H30N2O4.ClH/c1-2-3-12-24-18-9-7-8-16(13-18)20-19(23)25-15-17(22)14-21-10-5-4-6-11-21;/h7-9,13,17,22H,2-6,10-12,14-15H2,1H3,(H,20,23);1H. The Balaban J connectivity index is 0.00000338. The van der Waals surface area contributed by atoms with Gasteiger partial charge in [-0.25, -0.2) is 4.79 Å². The Labute approximate surface area is 162 Å². The number of likely N-dealkylation sites (tertiary alicyclic amines) is 1. The third-order valence-electron chi connectivity index (χ3n) is 4.17. The van der Waals surface area contributed by atoms with Gasteiger partial charge in [0.15, 0.2) is 0 Å². The van der Waals surface area contributed by atoms with Crippen molar-refractivity contribution in [1.29, 1.82) is 0 Å². The van der Waals surface area contributed by atoms with Gasteiger partial charge in [-0.2, -0.15) is 0 Å². The molecule has 2 rings (SSSR count). The highest BCUT2D eigenvalue weighted by Gasteiger charge is 2.16. The van der Waals surface area contributed by atoms with Crippen LogP contribution in [0.15, 0.2) is 24.3 Å². The van der Waals surface area contributed by atoms with Crippen molar-refractivity contribution in [1.82, 2.24) is 4.90 Å². The van der Waals surface area contributed by atoms with Gasteiger partial charge in [-0.3, -0.25) is 5.32 Å². The number of aliphatic hydroxyl groups is 1. The highest BCUT2D eigenvalue weighted by atomic mass is 35.5. The van der Waals surface area contributed by atoms with E-state index in [9.17, 15) is 9.90 Å². The van der Waals surface area contributed by atoms with Gasteiger partial charge < -0.3 is 19.5 Å². The summed E-state index contributed by atoms with van der Waals surface area (Å²) in [5.41, 5.74) is 0.615. The van der Waals surface area contributed by atoms with Crippen molar-refractivity contribution < 1.29 is 19.4 Å². The number of aliphatic hydroxyl groups excluding tert-OH is 1. The van der Waals surface area contributed by atoms with Crippen LogP contribution in [-0.4, -0.2) is 55.1 Å². The molecular formula is C19H31ClN2O4. The number of carbonyl (C=O) groups is 1. The third kappa shape index (κ3) is 8.74. The first kappa shape index (κ1) is 22.5. The maximum atomic E-state index is 11.9. The molecule has 6 nitrogen and oxygen atoms in total. The van der Waals surface area contributed by atoms with Crippen molar-refractivity contribution in [3.05, 3.63) is 24.3 Å². The number of β-amino-alcohol motifs (C(OH)–C–C–N with tert-alkyl or cyclic N) is 1. The first-order valence-electron chi connectivity index (χ1n) is 9.24. The van der Waals surface area contributed by atoms with Crippen LogP contribution in [0.25, 0.3) is 0 Å². The molecule has 1 fully saturated rings. The molecule has 1 aliphatic heterocycles. The minimum atomic E-state index is -0.660. The summed E-state index contributed by atoms with van der Waals surface area (Å²) in [7, 11) is 0. The van der Waals surface area contributed by atoms with Crippen molar-refractivity contribution >= 4 is 24.2 Å². The van der Waals surface area contributed by atoms with Crippen LogP contribution < -0.4 is 10.1 Å². The fourth-order valence-corrected chi connectivity index (χ4v) is 2.82. The van der Waals surface area contributed by atoms with Crippen molar-refractivity contribution in [2.75, 3.05) is 38.2 Å². The maximum absolute atomic E-state index is 11.9. The van der Waals surface area contributed by atoms with Crippen molar-refractivity contribution in [3.8, 4) is 5.75 Å². The number of nitrogens with zero attached hydrogens (tertiary/aromatic N) is 1. The Morgan fingerprint density at radius 3 is 2.81 bits per heavy atom.